The van der Waals surface area contributed by atoms with Crippen molar-refractivity contribution in [1.29, 1.82) is 0 Å². The first-order chi connectivity index (χ1) is 9.40. The Labute approximate surface area is 116 Å². The fraction of sp³-hybridized carbons (Fsp3) is 0.615. The summed E-state index contributed by atoms with van der Waals surface area (Å²) in [6.07, 6.45) is -0.639. The summed E-state index contributed by atoms with van der Waals surface area (Å²) in [7, 11) is 0. The monoisotopic (exact) mass is 286 g/mol. The third-order valence-electron chi connectivity index (χ3n) is 2.36. The molecule has 0 spiro atoms. The van der Waals surface area contributed by atoms with E-state index >= 15 is 0 Å². The van der Waals surface area contributed by atoms with Crippen LogP contribution in [0.4, 0.5) is 0 Å². The molecule has 1 rings (SSSR count). The van der Waals surface area contributed by atoms with Crippen LogP contribution in [0.3, 0.4) is 0 Å². The average molecular weight is 286 g/mol. The molecule has 1 atom stereocenters. The number of ether oxygens (including phenoxy) is 4. The molecule has 1 unspecified atom stereocenters. The van der Waals surface area contributed by atoms with Crippen molar-refractivity contribution in [3.63, 3.8) is 0 Å². The van der Waals surface area contributed by atoms with E-state index in [0.717, 1.165) is 0 Å². The molecule has 0 aliphatic carbocycles. The number of esters is 3. The summed E-state index contributed by atoms with van der Waals surface area (Å²) in [5.74, 6) is -2.13. The van der Waals surface area contributed by atoms with Crippen molar-refractivity contribution in [2.24, 2.45) is 0 Å². The van der Waals surface area contributed by atoms with Crippen molar-refractivity contribution in [1.82, 2.24) is 0 Å². The Morgan fingerprint density at radius 3 is 2.65 bits per heavy atom. The van der Waals surface area contributed by atoms with E-state index in [1.165, 1.54) is 0 Å². The van der Waals surface area contributed by atoms with Gasteiger partial charge >= 0.3 is 17.9 Å². The molecule has 0 radical (unpaired) electrons. The Bertz CT molecular complexity index is 400. The van der Waals surface area contributed by atoms with Crippen LogP contribution in [0.25, 0.3) is 0 Å². The molecule has 112 valence electrons. The highest BCUT2D eigenvalue weighted by atomic mass is 16.6. The van der Waals surface area contributed by atoms with Crippen LogP contribution in [-0.4, -0.2) is 49.9 Å². The van der Waals surface area contributed by atoms with Gasteiger partial charge in [-0.1, -0.05) is 6.58 Å². The van der Waals surface area contributed by atoms with Crippen LogP contribution >= 0.6 is 0 Å². The van der Waals surface area contributed by atoms with E-state index in [9.17, 15) is 14.4 Å². The molecule has 0 amide bonds. The number of rotatable bonds is 7. The zero-order valence-electron chi connectivity index (χ0n) is 11.5. The van der Waals surface area contributed by atoms with Crippen LogP contribution in [0.1, 0.15) is 20.3 Å². The number of hydrogen-bond donors (Lipinski definition) is 0. The molecule has 7 heteroatoms. The van der Waals surface area contributed by atoms with Gasteiger partial charge in [-0.25, -0.2) is 14.4 Å². The van der Waals surface area contributed by atoms with E-state index < -0.39 is 30.6 Å². The zero-order chi connectivity index (χ0) is 15.1. The Kier molecular flexibility index (Phi) is 6.17. The fourth-order valence-corrected chi connectivity index (χ4v) is 1.33. The highest BCUT2D eigenvalue weighted by Gasteiger charge is 2.30. The van der Waals surface area contributed by atoms with Crippen LogP contribution in [0, 0.1) is 0 Å². The predicted molar refractivity (Wildman–Crippen MR) is 66.6 cm³/mol. The minimum absolute atomic E-state index is 0.0283. The van der Waals surface area contributed by atoms with E-state index in [-0.39, 0.29) is 24.9 Å². The Balaban J connectivity index is 2.24. The first-order valence-electron chi connectivity index (χ1n) is 6.22. The standard InChI is InChI=1S/C13H18O7/c1-8(2)18-6-9(3)12(15)19-7-11(14)20-10-4-5-17-13(10)16/h8,10H,3-7H2,1-2H3. The van der Waals surface area contributed by atoms with Crippen molar-refractivity contribution in [3.05, 3.63) is 12.2 Å². The second-order valence-corrected chi connectivity index (χ2v) is 4.47. The molecule has 1 fully saturated rings. The minimum Gasteiger partial charge on any atom is -0.463 e. The molecule has 1 heterocycles. The lowest BCUT2D eigenvalue weighted by Gasteiger charge is -2.11. The molecule has 0 aromatic rings. The summed E-state index contributed by atoms with van der Waals surface area (Å²) in [6, 6.07) is 0. The SMILES string of the molecule is C=C(COC(C)C)C(=O)OCC(=O)OC1CCOC1=O. The first kappa shape index (κ1) is 16.2. The summed E-state index contributed by atoms with van der Waals surface area (Å²) in [6.45, 7) is 6.80. The van der Waals surface area contributed by atoms with E-state index in [1.807, 2.05) is 13.8 Å². The van der Waals surface area contributed by atoms with Crippen LogP contribution in [0.5, 0.6) is 0 Å². The lowest BCUT2D eigenvalue weighted by molar-refractivity contribution is -0.166. The summed E-state index contributed by atoms with van der Waals surface area (Å²) >= 11 is 0. The van der Waals surface area contributed by atoms with Gasteiger partial charge < -0.3 is 18.9 Å². The smallest absolute Gasteiger partial charge is 0.347 e. The van der Waals surface area contributed by atoms with Gasteiger partial charge in [-0.15, -0.1) is 0 Å². The molecule has 0 aromatic carbocycles. The Hall–Kier alpha value is -1.89. The average Bonchev–Trinajstić information content (AvgIpc) is 2.78. The van der Waals surface area contributed by atoms with Gasteiger partial charge in [0, 0.05) is 6.42 Å². The van der Waals surface area contributed by atoms with Crippen molar-refractivity contribution in [2.75, 3.05) is 19.8 Å². The van der Waals surface area contributed by atoms with Crippen molar-refractivity contribution >= 4 is 17.9 Å². The Morgan fingerprint density at radius 1 is 1.40 bits per heavy atom. The van der Waals surface area contributed by atoms with Gasteiger partial charge in [0.25, 0.3) is 0 Å². The first-order valence-corrected chi connectivity index (χ1v) is 6.22. The van der Waals surface area contributed by atoms with Gasteiger partial charge in [0.1, 0.15) is 0 Å². The van der Waals surface area contributed by atoms with Crippen LogP contribution in [0.15, 0.2) is 12.2 Å². The van der Waals surface area contributed by atoms with Crippen LogP contribution < -0.4 is 0 Å². The largest absolute Gasteiger partial charge is 0.463 e. The summed E-state index contributed by atoms with van der Waals surface area (Å²) in [5, 5.41) is 0. The number of carbonyl (C=O) groups excluding carboxylic acids is 3. The summed E-state index contributed by atoms with van der Waals surface area (Å²) in [4.78, 5) is 33.9. The van der Waals surface area contributed by atoms with Gasteiger partial charge in [0.05, 0.1) is 24.9 Å². The summed E-state index contributed by atoms with van der Waals surface area (Å²) in [5.41, 5.74) is 0.103. The molecule has 1 saturated heterocycles. The van der Waals surface area contributed by atoms with E-state index in [4.69, 9.17) is 14.2 Å². The van der Waals surface area contributed by atoms with Crippen molar-refractivity contribution in [3.8, 4) is 0 Å². The lowest BCUT2D eigenvalue weighted by atomic mass is 10.3. The highest BCUT2D eigenvalue weighted by molar-refractivity contribution is 5.89. The Morgan fingerprint density at radius 2 is 2.10 bits per heavy atom. The molecule has 0 N–H and O–H groups in total. The normalized spacial score (nSPS) is 17.8. The minimum atomic E-state index is -0.909. The molecule has 7 nitrogen and oxygen atoms in total. The molecule has 1 aliphatic rings. The highest BCUT2D eigenvalue weighted by Crippen LogP contribution is 2.10. The molecule has 0 saturated carbocycles. The molecule has 20 heavy (non-hydrogen) atoms. The van der Waals surface area contributed by atoms with Gasteiger partial charge in [0.15, 0.2) is 6.61 Å². The third kappa shape index (κ3) is 5.40. The summed E-state index contributed by atoms with van der Waals surface area (Å²) < 4.78 is 19.3. The van der Waals surface area contributed by atoms with Crippen LogP contribution in [0.2, 0.25) is 0 Å². The number of cyclic esters (lactones) is 1. The van der Waals surface area contributed by atoms with Gasteiger partial charge in [-0.2, -0.15) is 0 Å². The van der Waals surface area contributed by atoms with Gasteiger partial charge in [0.2, 0.25) is 6.10 Å². The number of carbonyl (C=O) groups is 3. The molecule has 0 aromatic heterocycles. The maximum Gasteiger partial charge on any atom is 0.347 e. The quantitative estimate of drug-likeness (QED) is 0.379. The maximum absolute atomic E-state index is 11.5. The predicted octanol–water partition coefficient (Wildman–Crippen LogP) is 0.369. The molecule has 1 aliphatic heterocycles. The number of hydrogen-bond acceptors (Lipinski definition) is 7. The van der Waals surface area contributed by atoms with E-state index in [2.05, 4.69) is 11.3 Å². The van der Waals surface area contributed by atoms with Crippen molar-refractivity contribution < 1.29 is 33.3 Å². The zero-order valence-corrected chi connectivity index (χ0v) is 11.5. The van der Waals surface area contributed by atoms with Crippen LogP contribution in [-0.2, 0) is 33.3 Å². The second kappa shape index (κ2) is 7.64. The third-order valence-corrected chi connectivity index (χ3v) is 2.36. The lowest BCUT2D eigenvalue weighted by Crippen LogP contribution is -2.26. The van der Waals surface area contributed by atoms with E-state index in [0.29, 0.717) is 6.42 Å². The molecular formula is C13H18O7. The van der Waals surface area contributed by atoms with Crippen molar-refractivity contribution in [2.45, 2.75) is 32.5 Å². The van der Waals surface area contributed by atoms with Gasteiger partial charge in [-0.3, -0.25) is 0 Å². The molecular weight excluding hydrogens is 268 g/mol. The van der Waals surface area contributed by atoms with Gasteiger partial charge in [-0.05, 0) is 13.8 Å². The van der Waals surface area contributed by atoms with E-state index in [1.54, 1.807) is 0 Å². The molecule has 0 bridgehead atoms. The second-order valence-electron chi connectivity index (χ2n) is 4.47. The fourth-order valence-electron chi connectivity index (χ4n) is 1.33. The topological polar surface area (TPSA) is 88.1 Å². The maximum atomic E-state index is 11.5.